The first-order valence-electron chi connectivity index (χ1n) is 15.4. The monoisotopic (exact) mass is 697 g/mol. The number of rotatable bonds is 8. The largest absolute Gasteiger partial charge is 0.507 e. The zero-order valence-electron chi connectivity index (χ0n) is 26.7. The smallest absolute Gasteiger partial charge is 0.240 e. The summed E-state index contributed by atoms with van der Waals surface area (Å²) in [4.78, 5) is 40.4. The van der Waals surface area contributed by atoms with Crippen LogP contribution in [0.15, 0.2) is 47.4 Å². The number of phenols is 2. The Morgan fingerprint density at radius 1 is 1.04 bits per heavy atom. The molecule has 3 aliphatic rings. The maximum Gasteiger partial charge on any atom is 0.240 e. The lowest BCUT2D eigenvalue weighted by molar-refractivity contribution is -0.248. The average molecular weight is 698 g/mol. The third kappa shape index (κ3) is 5.80. The molecule has 1 heterocycles. The summed E-state index contributed by atoms with van der Waals surface area (Å²) in [6.07, 6.45) is -6.69. The van der Waals surface area contributed by atoms with Crippen molar-refractivity contribution in [3.8, 4) is 17.2 Å². The molecule has 2 aliphatic carbocycles. The fourth-order valence-corrected chi connectivity index (χ4v) is 8.08. The van der Waals surface area contributed by atoms with Gasteiger partial charge >= 0.3 is 0 Å². The van der Waals surface area contributed by atoms with Crippen molar-refractivity contribution in [3.63, 3.8) is 0 Å². The van der Waals surface area contributed by atoms with Crippen molar-refractivity contribution in [2.45, 2.75) is 74.3 Å². The van der Waals surface area contributed by atoms with Crippen molar-refractivity contribution in [3.05, 3.63) is 81.4 Å². The van der Waals surface area contributed by atoms with Gasteiger partial charge in [0.15, 0.2) is 17.9 Å². The van der Waals surface area contributed by atoms with Gasteiger partial charge in [-0.3, -0.25) is 14.4 Å². The molecule has 15 heteroatoms. The molecule has 3 aromatic rings. The number of fused-ring (bicyclic) bond motifs is 3. The number of aryl methyl sites for hydroxylation is 1. The highest BCUT2D eigenvalue weighted by Crippen LogP contribution is 2.52. The molecule has 0 aromatic heterocycles. The Labute approximate surface area is 280 Å². The zero-order chi connectivity index (χ0) is 35.6. The highest BCUT2D eigenvalue weighted by atomic mass is 32.2. The number of hydrogen-bond donors (Lipinski definition) is 6. The number of ketones is 3. The number of carbonyl (C=O) groups is 3. The standard InChI is InChI=1S/C34H35NO13S/c1-15-7-9-17(10-8-15)49(44,45)35-20-11-24(47-16(2)29(20)38)48-22-13-34(43,23(37)14-36)12-19-26(22)33(42)28-27(31(19)40)30(39)18-5-4-6-21(46-3)25(18)32(28)41/h4-10,16,20,22,24,29,35-36,38,40,42-43H,11-14H2,1-3H3/t16?,20?,22-,24?,29?,34-/m0/s1. The van der Waals surface area contributed by atoms with Gasteiger partial charge in [0.2, 0.25) is 15.8 Å². The predicted octanol–water partition coefficient (Wildman–Crippen LogP) is 1.33. The van der Waals surface area contributed by atoms with Crippen LogP contribution in [0.4, 0.5) is 0 Å². The quantitative estimate of drug-likeness (QED) is 0.143. The Hall–Kier alpha value is -4.22. The van der Waals surface area contributed by atoms with Crippen LogP contribution in [0.1, 0.15) is 74.4 Å². The van der Waals surface area contributed by atoms with Crippen LogP contribution in [-0.4, -0.2) is 95.2 Å². The number of Topliss-reactive ketones (excluding diaryl/α,β-unsaturated/α-hetero) is 1. The maximum absolute atomic E-state index is 13.9. The summed E-state index contributed by atoms with van der Waals surface area (Å²) >= 11 is 0. The van der Waals surface area contributed by atoms with Gasteiger partial charge in [-0.05, 0) is 32.0 Å². The lowest BCUT2D eigenvalue weighted by atomic mass is 9.72. The number of aliphatic hydroxyl groups is 3. The number of methoxy groups -OCH3 is 1. The first kappa shape index (κ1) is 34.6. The fraction of sp³-hybridized carbons (Fsp3) is 0.382. The number of benzene rings is 3. The second-order valence-corrected chi connectivity index (χ2v) is 14.3. The Bertz CT molecular complexity index is 1980. The molecule has 0 bridgehead atoms. The SMILES string of the molecule is COc1cccc2c1C(=O)c1c(O)c3c(c(O)c1C2=O)C[C@@](O)(C(=O)CO)C[C@@H]3OC1CC(NS(=O)(=O)c2ccc(C)cc2)C(O)C(C)O1. The van der Waals surface area contributed by atoms with Crippen molar-refractivity contribution in [1.82, 2.24) is 4.72 Å². The number of nitrogens with one attached hydrogen (secondary N) is 1. The molecule has 1 saturated heterocycles. The molecule has 6 N–H and O–H groups in total. The van der Waals surface area contributed by atoms with E-state index >= 15 is 0 Å². The van der Waals surface area contributed by atoms with E-state index < -0.39 is 106 Å². The number of aromatic hydroxyl groups is 2. The number of sulfonamides is 1. The Morgan fingerprint density at radius 3 is 2.37 bits per heavy atom. The molecule has 0 amide bonds. The number of carbonyl (C=O) groups excluding carboxylic acids is 3. The van der Waals surface area contributed by atoms with Crippen LogP contribution >= 0.6 is 0 Å². The van der Waals surface area contributed by atoms with E-state index in [1.807, 2.05) is 0 Å². The highest BCUT2D eigenvalue weighted by Gasteiger charge is 2.50. The van der Waals surface area contributed by atoms with Crippen LogP contribution in [0, 0.1) is 6.92 Å². The van der Waals surface area contributed by atoms with E-state index in [4.69, 9.17) is 14.2 Å². The van der Waals surface area contributed by atoms with Crippen molar-refractivity contribution in [2.24, 2.45) is 0 Å². The summed E-state index contributed by atoms with van der Waals surface area (Å²) in [5.74, 6) is -4.17. The van der Waals surface area contributed by atoms with E-state index in [1.165, 1.54) is 44.4 Å². The van der Waals surface area contributed by atoms with E-state index in [0.29, 0.717) is 0 Å². The molecule has 1 fully saturated rings. The number of aliphatic hydroxyl groups excluding tert-OH is 2. The van der Waals surface area contributed by atoms with Gasteiger partial charge in [0.05, 0.1) is 53.0 Å². The van der Waals surface area contributed by atoms with Crippen LogP contribution in [0.5, 0.6) is 17.2 Å². The van der Waals surface area contributed by atoms with Gasteiger partial charge in [-0.2, -0.15) is 0 Å². The van der Waals surface area contributed by atoms with E-state index in [-0.39, 0.29) is 39.3 Å². The second kappa shape index (κ2) is 12.6. The van der Waals surface area contributed by atoms with Crippen molar-refractivity contribution in [1.29, 1.82) is 0 Å². The predicted molar refractivity (Wildman–Crippen MR) is 169 cm³/mol. The molecular weight excluding hydrogens is 662 g/mol. The van der Waals surface area contributed by atoms with E-state index in [1.54, 1.807) is 19.1 Å². The van der Waals surface area contributed by atoms with Crippen molar-refractivity contribution >= 4 is 27.4 Å². The third-order valence-electron chi connectivity index (χ3n) is 9.40. The molecule has 14 nitrogen and oxygen atoms in total. The van der Waals surface area contributed by atoms with Gasteiger partial charge in [-0.1, -0.05) is 29.8 Å². The summed E-state index contributed by atoms with van der Waals surface area (Å²) in [6, 6.07) is 9.20. The van der Waals surface area contributed by atoms with Crippen LogP contribution in [0.2, 0.25) is 0 Å². The normalized spacial score (nSPS) is 26.4. The molecule has 6 atom stereocenters. The van der Waals surface area contributed by atoms with E-state index in [0.717, 1.165) is 5.56 Å². The maximum atomic E-state index is 13.9. The minimum absolute atomic E-state index is 0.0432. The first-order chi connectivity index (χ1) is 23.1. The lowest BCUT2D eigenvalue weighted by Crippen LogP contribution is -2.55. The van der Waals surface area contributed by atoms with E-state index in [9.17, 15) is 48.3 Å². The minimum atomic E-state index is -4.12. The number of ether oxygens (including phenoxy) is 3. The van der Waals surface area contributed by atoms with Gasteiger partial charge in [-0.25, -0.2) is 13.1 Å². The molecule has 0 saturated carbocycles. The van der Waals surface area contributed by atoms with Crippen LogP contribution in [0.25, 0.3) is 0 Å². The number of hydrogen-bond acceptors (Lipinski definition) is 13. The molecule has 3 aromatic carbocycles. The van der Waals surface area contributed by atoms with Gasteiger partial charge in [0, 0.05) is 36.0 Å². The molecule has 1 aliphatic heterocycles. The van der Waals surface area contributed by atoms with Crippen molar-refractivity contribution < 1.29 is 62.5 Å². The van der Waals surface area contributed by atoms with Crippen LogP contribution in [-0.2, 0) is 30.7 Å². The molecule has 0 spiro atoms. The molecule has 4 unspecified atom stereocenters. The summed E-state index contributed by atoms with van der Waals surface area (Å²) in [5.41, 5.74) is -3.33. The third-order valence-corrected chi connectivity index (χ3v) is 10.9. The minimum Gasteiger partial charge on any atom is -0.507 e. The van der Waals surface area contributed by atoms with Gasteiger partial charge in [0.25, 0.3) is 0 Å². The topological polar surface area (TPSA) is 226 Å². The Morgan fingerprint density at radius 2 is 1.71 bits per heavy atom. The summed E-state index contributed by atoms with van der Waals surface area (Å²) in [7, 11) is -2.82. The molecule has 260 valence electrons. The van der Waals surface area contributed by atoms with Gasteiger partial charge in [0.1, 0.15) is 29.5 Å². The molecular formula is C34H35NO13S. The second-order valence-electron chi connectivity index (χ2n) is 12.5. The Balaban J connectivity index is 1.41. The van der Waals surface area contributed by atoms with Crippen molar-refractivity contribution in [2.75, 3.05) is 13.7 Å². The summed E-state index contributed by atoms with van der Waals surface area (Å²) in [5, 5.41) is 55.3. The Kier molecular flexibility index (Phi) is 8.90. The van der Waals surface area contributed by atoms with Crippen LogP contribution in [0.3, 0.4) is 0 Å². The summed E-state index contributed by atoms with van der Waals surface area (Å²) < 4.78 is 46.2. The zero-order valence-corrected chi connectivity index (χ0v) is 27.5. The number of phenolic OH excluding ortho intramolecular Hbond substituents is 2. The average Bonchev–Trinajstić information content (AvgIpc) is 3.06. The first-order valence-corrected chi connectivity index (χ1v) is 16.9. The summed E-state index contributed by atoms with van der Waals surface area (Å²) in [6.45, 7) is 2.18. The van der Waals surface area contributed by atoms with Crippen LogP contribution < -0.4 is 9.46 Å². The molecule has 0 radical (unpaired) electrons. The highest BCUT2D eigenvalue weighted by molar-refractivity contribution is 7.89. The van der Waals surface area contributed by atoms with Gasteiger partial charge in [-0.15, -0.1) is 0 Å². The molecule has 49 heavy (non-hydrogen) atoms. The van der Waals surface area contributed by atoms with Gasteiger partial charge < -0.3 is 39.7 Å². The fourth-order valence-electron chi connectivity index (χ4n) is 6.82. The van der Waals surface area contributed by atoms with E-state index in [2.05, 4.69) is 4.72 Å². The molecule has 6 rings (SSSR count). The lowest BCUT2D eigenvalue weighted by Gasteiger charge is -2.42.